The van der Waals surface area contributed by atoms with Crippen molar-refractivity contribution < 1.29 is 0 Å². The van der Waals surface area contributed by atoms with Crippen LogP contribution in [0.15, 0.2) is 182 Å². The summed E-state index contributed by atoms with van der Waals surface area (Å²) >= 11 is 3.73. The van der Waals surface area contributed by atoms with Gasteiger partial charge in [0.2, 0.25) is 0 Å². The second kappa shape index (κ2) is 12.8. The molecule has 0 N–H and O–H groups in total. The van der Waals surface area contributed by atoms with Crippen molar-refractivity contribution >= 4 is 84.8 Å². The highest BCUT2D eigenvalue weighted by Crippen LogP contribution is 2.46. The Hall–Kier alpha value is -6.99. The molecule has 0 aliphatic carbocycles. The molecule has 0 aliphatic rings. The van der Waals surface area contributed by atoms with E-state index in [9.17, 15) is 0 Å². The Bertz CT molecular complexity index is 3450. The van der Waals surface area contributed by atoms with Crippen molar-refractivity contribution in [2.24, 2.45) is 0 Å². The van der Waals surface area contributed by atoms with E-state index >= 15 is 0 Å². The molecule has 12 rings (SSSR count). The van der Waals surface area contributed by atoms with Crippen molar-refractivity contribution in [3.63, 3.8) is 0 Å². The van der Waals surface area contributed by atoms with Crippen molar-refractivity contribution in [2.45, 2.75) is 0 Å². The van der Waals surface area contributed by atoms with Crippen LogP contribution in [-0.2, 0) is 0 Å². The maximum Gasteiger partial charge on any atom is 0.164 e. The molecular weight excluding hydrogens is 733 g/mol. The first-order valence-corrected chi connectivity index (χ1v) is 20.7. The molecule has 266 valence electrons. The lowest BCUT2D eigenvalue weighted by molar-refractivity contribution is 1.07. The van der Waals surface area contributed by atoms with Gasteiger partial charge in [0.1, 0.15) is 0 Å². The summed E-state index contributed by atoms with van der Waals surface area (Å²) in [4.78, 5) is 14.9. The maximum absolute atomic E-state index is 5.02. The summed E-state index contributed by atoms with van der Waals surface area (Å²) in [6, 6.07) is 64.8. The minimum absolute atomic E-state index is 0.662. The molecule has 0 bridgehead atoms. The standard InChI is InChI=1S/C51H30N4S2/c1-4-13-31(14-5-1)49-52-50(32-15-6-2-7-16-32)54-51(53-49)34-23-25-38-39-21-12-20-36(47(39)57-45(38)30-34)33-24-27-42-41(29-33)46-43(55(42)35-17-8-3-9-18-35)28-26-40-37-19-10-11-22-44(37)56-48(40)46/h1-30H. The Morgan fingerprint density at radius 1 is 0.351 bits per heavy atom. The number of benzene rings is 8. The third kappa shape index (κ3) is 5.15. The molecule has 0 atom stereocenters. The summed E-state index contributed by atoms with van der Waals surface area (Å²) in [5, 5.41) is 7.69. The Morgan fingerprint density at radius 3 is 1.67 bits per heavy atom. The minimum atomic E-state index is 0.662. The van der Waals surface area contributed by atoms with Crippen molar-refractivity contribution in [1.82, 2.24) is 19.5 Å². The van der Waals surface area contributed by atoms with Gasteiger partial charge in [-0.25, -0.2) is 15.0 Å². The van der Waals surface area contributed by atoms with Crippen LogP contribution < -0.4 is 0 Å². The van der Waals surface area contributed by atoms with E-state index in [2.05, 4.69) is 126 Å². The van der Waals surface area contributed by atoms with Gasteiger partial charge in [0, 0.05) is 73.5 Å². The number of aromatic nitrogens is 4. The van der Waals surface area contributed by atoms with Crippen LogP contribution >= 0.6 is 22.7 Å². The van der Waals surface area contributed by atoms with E-state index in [1.165, 1.54) is 73.3 Å². The summed E-state index contributed by atoms with van der Waals surface area (Å²) in [5.74, 6) is 1.99. The fourth-order valence-electron chi connectivity index (χ4n) is 8.41. The lowest BCUT2D eigenvalue weighted by Gasteiger charge is -2.08. The van der Waals surface area contributed by atoms with Gasteiger partial charge < -0.3 is 4.57 Å². The van der Waals surface area contributed by atoms with E-state index in [1.807, 2.05) is 83.3 Å². The Balaban J connectivity index is 1.04. The predicted octanol–water partition coefficient (Wildman–Crippen LogP) is 14.4. The minimum Gasteiger partial charge on any atom is -0.309 e. The van der Waals surface area contributed by atoms with Gasteiger partial charge >= 0.3 is 0 Å². The van der Waals surface area contributed by atoms with Gasteiger partial charge in [-0.1, -0.05) is 140 Å². The first-order valence-electron chi connectivity index (χ1n) is 19.0. The van der Waals surface area contributed by atoms with Gasteiger partial charge in [0.05, 0.1) is 11.0 Å². The average molecular weight is 763 g/mol. The Labute approximate surface area is 335 Å². The van der Waals surface area contributed by atoms with Crippen LogP contribution in [0, 0.1) is 0 Å². The number of rotatable bonds is 5. The number of nitrogens with zero attached hydrogens (tertiary/aromatic N) is 4. The molecule has 0 fully saturated rings. The molecule has 0 radical (unpaired) electrons. The highest BCUT2D eigenvalue weighted by atomic mass is 32.1. The van der Waals surface area contributed by atoms with Crippen LogP contribution in [0.1, 0.15) is 0 Å². The molecule has 6 heteroatoms. The van der Waals surface area contributed by atoms with Crippen LogP contribution in [0.3, 0.4) is 0 Å². The fourth-order valence-corrected chi connectivity index (χ4v) is 10.9. The van der Waals surface area contributed by atoms with Gasteiger partial charge in [-0.05, 0) is 53.6 Å². The molecule has 4 heterocycles. The van der Waals surface area contributed by atoms with Crippen LogP contribution in [0.5, 0.6) is 0 Å². The SMILES string of the molecule is c1ccc(-c2nc(-c3ccccc3)nc(-c3ccc4c(c3)sc3c(-c5ccc6c(c5)c5c7sc8ccccc8c7ccc5n6-c5ccccc5)cccc34)n2)cc1. The first kappa shape index (κ1) is 32.3. The normalized spacial score (nSPS) is 11.9. The second-order valence-corrected chi connectivity index (χ2v) is 16.5. The second-order valence-electron chi connectivity index (χ2n) is 14.4. The summed E-state index contributed by atoms with van der Waals surface area (Å²) in [5.41, 5.74) is 8.93. The van der Waals surface area contributed by atoms with Crippen LogP contribution in [0.2, 0.25) is 0 Å². The number of para-hydroxylation sites is 1. The fraction of sp³-hybridized carbons (Fsp3) is 0. The molecule has 12 aromatic rings. The van der Waals surface area contributed by atoms with Crippen molar-refractivity contribution in [3.8, 4) is 51.0 Å². The summed E-state index contributed by atoms with van der Waals surface area (Å²) in [7, 11) is 0. The van der Waals surface area contributed by atoms with E-state index in [0.717, 1.165) is 22.4 Å². The number of fused-ring (bicyclic) bond motifs is 10. The van der Waals surface area contributed by atoms with Gasteiger partial charge in [-0.2, -0.15) is 0 Å². The van der Waals surface area contributed by atoms with Crippen LogP contribution in [-0.4, -0.2) is 19.5 Å². The van der Waals surface area contributed by atoms with Gasteiger partial charge in [-0.3, -0.25) is 0 Å². The molecule has 8 aromatic carbocycles. The van der Waals surface area contributed by atoms with Gasteiger partial charge in [0.15, 0.2) is 17.5 Å². The smallest absolute Gasteiger partial charge is 0.164 e. The zero-order valence-corrected chi connectivity index (χ0v) is 32.1. The number of thiophene rings is 2. The van der Waals surface area contributed by atoms with Crippen molar-refractivity contribution in [3.05, 3.63) is 182 Å². The molecule has 0 spiro atoms. The molecule has 0 amide bonds. The molecule has 0 aliphatic heterocycles. The molecule has 4 nitrogen and oxygen atoms in total. The van der Waals surface area contributed by atoms with E-state index in [-0.39, 0.29) is 0 Å². The summed E-state index contributed by atoms with van der Waals surface area (Å²) in [6.45, 7) is 0. The van der Waals surface area contributed by atoms with Crippen LogP contribution in [0.4, 0.5) is 0 Å². The van der Waals surface area contributed by atoms with E-state index in [4.69, 9.17) is 15.0 Å². The zero-order valence-electron chi connectivity index (χ0n) is 30.4. The van der Waals surface area contributed by atoms with Gasteiger partial charge in [-0.15, -0.1) is 22.7 Å². The van der Waals surface area contributed by atoms with Gasteiger partial charge in [0.25, 0.3) is 0 Å². The van der Waals surface area contributed by atoms with E-state index in [1.54, 1.807) is 0 Å². The quantitative estimate of drug-likeness (QED) is 0.175. The predicted molar refractivity (Wildman–Crippen MR) is 242 cm³/mol. The lowest BCUT2D eigenvalue weighted by Crippen LogP contribution is -1.99. The van der Waals surface area contributed by atoms with E-state index in [0.29, 0.717) is 17.5 Å². The molecule has 4 aromatic heterocycles. The topological polar surface area (TPSA) is 43.6 Å². The summed E-state index contributed by atoms with van der Waals surface area (Å²) in [6.07, 6.45) is 0. The number of hydrogen-bond acceptors (Lipinski definition) is 5. The Morgan fingerprint density at radius 2 is 0.912 bits per heavy atom. The van der Waals surface area contributed by atoms with Crippen LogP contribution in [0.25, 0.3) is 113 Å². The average Bonchev–Trinajstić information content (AvgIpc) is 3.96. The highest BCUT2D eigenvalue weighted by Gasteiger charge is 2.20. The van der Waals surface area contributed by atoms with Crippen molar-refractivity contribution in [1.29, 1.82) is 0 Å². The van der Waals surface area contributed by atoms with Crippen molar-refractivity contribution in [2.75, 3.05) is 0 Å². The number of hydrogen-bond donors (Lipinski definition) is 0. The largest absolute Gasteiger partial charge is 0.309 e. The third-order valence-corrected chi connectivity index (χ3v) is 13.5. The Kier molecular flexibility index (Phi) is 7.24. The lowest BCUT2D eigenvalue weighted by atomic mass is 10.00. The zero-order chi connectivity index (χ0) is 37.5. The monoisotopic (exact) mass is 762 g/mol. The van der Waals surface area contributed by atoms with E-state index < -0.39 is 0 Å². The molecule has 0 saturated carbocycles. The third-order valence-electron chi connectivity index (χ3n) is 11.1. The molecular formula is C51H30N4S2. The first-order chi connectivity index (χ1) is 28.2. The molecule has 0 saturated heterocycles. The highest BCUT2D eigenvalue weighted by molar-refractivity contribution is 7.27. The molecule has 57 heavy (non-hydrogen) atoms. The maximum atomic E-state index is 5.02. The summed E-state index contributed by atoms with van der Waals surface area (Å²) < 4.78 is 7.55. The molecule has 0 unspecified atom stereocenters.